The zero-order valence-electron chi connectivity index (χ0n) is 26.7. The van der Waals surface area contributed by atoms with Crippen LogP contribution in [0.5, 0.6) is 0 Å². The van der Waals surface area contributed by atoms with E-state index in [1.807, 2.05) is 39.0 Å². The van der Waals surface area contributed by atoms with Crippen molar-refractivity contribution in [2.45, 2.75) is 64.5 Å². The first-order chi connectivity index (χ1) is 22.4. The Labute approximate surface area is 274 Å². The third-order valence-electron chi connectivity index (χ3n) is 7.27. The van der Waals surface area contributed by atoms with Crippen LogP contribution in [0.2, 0.25) is 0 Å². The summed E-state index contributed by atoms with van der Waals surface area (Å²) >= 11 is 0. The number of hydrogen-bond acceptors (Lipinski definition) is 5. The average molecular weight is 643 g/mol. The highest BCUT2D eigenvalue weighted by molar-refractivity contribution is 5.99. The van der Waals surface area contributed by atoms with Crippen LogP contribution in [0.1, 0.15) is 55.7 Å². The molecule has 0 aliphatic heterocycles. The number of rotatable bonds is 16. The first kappa shape index (κ1) is 36.0. The highest BCUT2D eigenvalue weighted by Gasteiger charge is 2.27. The quantitative estimate of drug-likeness (QED) is 0.112. The maximum Gasteiger partial charge on any atom is 0.326 e. The van der Waals surface area contributed by atoms with Crippen molar-refractivity contribution in [3.8, 4) is 0 Å². The van der Waals surface area contributed by atoms with Crippen LogP contribution < -0.4 is 21.3 Å². The Morgan fingerprint density at radius 3 is 1.72 bits per heavy atom. The van der Waals surface area contributed by atoms with Crippen molar-refractivity contribution in [2.75, 3.05) is 10.6 Å². The molecule has 0 fully saturated rings. The fourth-order valence-electron chi connectivity index (χ4n) is 4.80. The number of benzene rings is 3. The number of carbonyl (C=O) groups excluding carboxylic acids is 3. The van der Waals surface area contributed by atoms with Crippen LogP contribution in [0, 0.1) is 12.8 Å². The molecule has 0 spiro atoms. The van der Waals surface area contributed by atoms with E-state index in [-0.39, 0.29) is 25.2 Å². The lowest BCUT2D eigenvalue weighted by atomic mass is 9.89. The molecule has 47 heavy (non-hydrogen) atoms. The lowest BCUT2D eigenvalue weighted by molar-refractivity contribution is -0.142. The minimum absolute atomic E-state index is 0.0294. The van der Waals surface area contributed by atoms with Crippen molar-refractivity contribution in [3.63, 3.8) is 0 Å². The van der Waals surface area contributed by atoms with Crippen molar-refractivity contribution in [2.24, 2.45) is 5.92 Å². The molecule has 248 valence electrons. The fraction of sp³-hybridized carbons (Fsp3) is 0.306. The monoisotopic (exact) mass is 642 g/mol. The topological polar surface area (TPSA) is 174 Å². The zero-order chi connectivity index (χ0) is 34.3. The maximum absolute atomic E-state index is 13.4. The summed E-state index contributed by atoms with van der Waals surface area (Å²) in [5, 5.41) is 30.0. The maximum atomic E-state index is 13.4. The molecule has 11 heteroatoms. The highest BCUT2D eigenvalue weighted by Crippen LogP contribution is 2.26. The molecule has 3 atom stereocenters. The Bertz CT molecular complexity index is 1540. The molecule has 3 aromatic carbocycles. The number of anilines is 2. The van der Waals surface area contributed by atoms with Gasteiger partial charge in [-0.2, -0.15) is 0 Å². The van der Waals surface area contributed by atoms with Crippen LogP contribution in [0.25, 0.3) is 0 Å². The summed E-state index contributed by atoms with van der Waals surface area (Å²) < 4.78 is 0. The molecule has 0 bridgehead atoms. The van der Waals surface area contributed by atoms with Crippen molar-refractivity contribution >= 4 is 41.2 Å². The average Bonchev–Trinajstić information content (AvgIpc) is 3.02. The van der Waals surface area contributed by atoms with Crippen molar-refractivity contribution in [3.05, 3.63) is 108 Å². The molecule has 4 amide bonds. The van der Waals surface area contributed by atoms with E-state index >= 15 is 0 Å². The third kappa shape index (κ3) is 12.5. The van der Waals surface area contributed by atoms with Gasteiger partial charge in [0.25, 0.3) is 0 Å². The molecule has 0 saturated carbocycles. The van der Waals surface area contributed by atoms with Gasteiger partial charge in [-0.3, -0.25) is 9.59 Å². The summed E-state index contributed by atoms with van der Waals surface area (Å²) in [6.07, 6.45) is 3.31. The predicted octanol–water partition coefficient (Wildman–Crippen LogP) is 5.49. The van der Waals surface area contributed by atoms with Crippen LogP contribution in [0.4, 0.5) is 16.2 Å². The number of aryl methyl sites for hydroxylation is 1. The van der Waals surface area contributed by atoms with E-state index in [0.717, 1.165) is 11.1 Å². The van der Waals surface area contributed by atoms with E-state index in [1.165, 1.54) is 12.2 Å². The number of nitrogens with one attached hydrogen (secondary N) is 4. The number of hydrogen-bond donors (Lipinski definition) is 6. The lowest BCUT2D eigenvalue weighted by Crippen LogP contribution is -2.43. The first-order valence-electron chi connectivity index (χ1n) is 15.4. The highest BCUT2D eigenvalue weighted by atomic mass is 16.4. The number of amides is 4. The Morgan fingerprint density at radius 2 is 1.21 bits per heavy atom. The Hall–Kier alpha value is -5.45. The van der Waals surface area contributed by atoms with Gasteiger partial charge in [-0.1, -0.05) is 86.2 Å². The number of urea groups is 1. The van der Waals surface area contributed by atoms with Gasteiger partial charge in [0.2, 0.25) is 11.8 Å². The number of carbonyl (C=O) groups is 5. The van der Waals surface area contributed by atoms with Crippen LogP contribution in [-0.2, 0) is 25.6 Å². The molecule has 0 aliphatic rings. The molecule has 0 heterocycles. The van der Waals surface area contributed by atoms with Crippen LogP contribution in [0.15, 0.2) is 91.0 Å². The second-order valence-electron chi connectivity index (χ2n) is 11.7. The minimum Gasteiger partial charge on any atom is -0.480 e. The fourth-order valence-corrected chi connectivity index (χ4v) is 4.80. The van der Waals surface area contributed by atoms with Crippen LogP contribution >= 0.6 is 0 Å². The van der Waals surface area contributed by atoms with Gasteiger partial charge in [-0.05, 0) is 67.5 Å². The number of aliphatic carboxylic acids is 2. The van der Waals surface area contributed by atoms with Gasteiger partial charge in [-0.15, -0.1) is 0 Å². The van der Waals surface area contributed by atoms with Crippen molar-refractivity contribution in [1.82, 2.24) is 10.6 Å². The molecule has 0 aliphatic carbocycles. The SMILES string of the molecule is Cc1ccc(NC(=O)Nc2ccc(C(CC(C)C)C(=O)NC(CC=CCC(NC(=O)Cc3ccccc3)C(=O)O)C(=O)O)cc2)cc1. The second-order valence-corrected chi connectivity index (χ2v) is 11.7. The van der Waals surface area contributed by atoms with Crippen LogP contribution in [0.3, 0.4) is 0 Å². The molecule has 0 radical (unpaired) electrons. The number of carboxylic acid groups (broad SMARTS) is 2. The van der Waals surface area contributed by atoms with Gasteiger partial charge in [0.05, 0.1) is 12.3 Å². The predicted molar refractivity (Wildman–Crippen MR) is 180 cm³/mol. The van der Waals surface area contributed by atoms with Gasteiger partial charge in [0.1, 0.15) is 12.1 Å². The van der Waals surface area contributed by atoms with E-state index in [9.17, 15) is 34.2 Å². The lowest BCUT2D eigenvalue weighted by Gasteiger charge is -2.22. The smallest absolute Gasteiger partial charge is 0.326 e. The van der Waals surface area contributed by atoms with Gasteiger partial charge < -0.3 is 31.5 Å². The second kappa shape index (κ2) is 17.9. The summed E-state index contributed by atoms with van der Waals surface area (Å²) in [6.45, 7) is 5.87. The third-order valence-corrected chi connectivity index (χ3v) is 7.27. The largest absolute Gasteiger partial charge is 0.480 e. The van der Waals surface area contributed by atoms with Crippen LogP contribution in [-0.4, -0.2) is 52.1 Å². The summed E-state index contributed by atoms with van der Waals surface area (Å²) in [4.78, 5) is 61.9. The van der Waals surface area contributed by atoms with Gasteiger partial charge in [0, 0.05) is 11.4 Å². The zero-order valence-corrected chi connectivity index (χ0v) is 26.7. The molecule has 0 aromatic heterocycles. The van der Waals surface area contributed by atoms with E-state index < -0.39 is 47.8 Å². The Balaban J connectivity index is 1.58. The molecular formula is C36H42N4O7. The molecule has 3 rings (SSSR count). The van der Waals surface area contributed by atoms with Gasteiger partial charge in [0.15, 0.2) is 0 Å². The summed E-state index contributed by atoms with van der Waals surface area (Å²) in [5.74, 6) is -3.89. The minimum atomic E-state index is -1.25. The Morgan fingerprint density at radius 1 is 0.702 bits per heavy atom. The van der Waals surface area contributed by atoms with Gasteiger partial charge in [-0.25, -0.2) is 14.4 Å². The normalized spacial score (nSPS) is 12.9. The molecule has 0 saturated heterocycles. The van der Waals surface area contributed by atoms with E-state index in [2.05, 4.69) is 21.3 Å². The van der Waals surface area contributed by atoms with Crippen molar-refractivity contribution < 1.29 is 34.2 Å². The molecular weight excluding hydrogens is 600 g/mol. The molecule has 3 aromatic rings. The van der Waals surface area contributed by atoms with E-state index in [4.69, 9.17) is 0 Å². The molecule has 6 N–H and O–H groups in total. The van der Waals surface area contributed by atoms with E-state index in [0.29, 0.717) is 23.4 Å². The van der Waals surface area contributed by atoms with E-state index in [1.54, 1.807) is 60.7 Å². The van der Waals surface area contributed by atoms with Gasteiger partial charge >= 0.3 is 18.0 Å². The van der Waals surface area contributed by atoms with Crippen molar-refractivity contribution in [1.29, 1.82) is 0 Å². The summed E-state index contributed by atoms with van der Waals surface area (Å²) in [7, 11) is 0. The first-order valence-corrected chi connectivity index (χ1v) is 15.4. The summed E-state index contributed by atoms with van der Waals surface area (Å²) in [6, 6.07) is 20.2. The number of carboxylic acids is 2. The summed E-state index contributed by atoms with van der Waals surface area (Å²) in [5.41, 5.74) is 3.65. The standard InChI is InChI=1S/C36H42N4O7/c1-23(2)21-29(26-15-19-28(20-16-26)38-36(47)37-27-17-13-24(3)14-18-27)33(42)40-31(35(45)46)12-8-7-11-30(34(43)44)39-32(41)22-25-9-5-4-6-10-25/h4-10,13-20,23,29-31H,11-12,21-22H2,1-3H3,(H,39,41)(H,40,42)(H,43,44)(H,45,46)(H2,37,38,47). The Kier molecular flexibility index (Phi) is 13.7. The molecule has 11 nitrogen and oxygen atoms in total. The molecule has 3 unspecified atom stereocenters.